The molecule has 0 N–H and O–H groups in total. The van der Waals surface area contributed by atoms with Crippen LogP contribution in [0.15, 0.2) is 0 Å². The summed E-state index contributed by atoms with van der Waals surface area (Å²) in [7, 11) is 0. The van der Waals surface area contributed by atoms with Crippen molar-refractivity contribution in [2.24, 2.45) is 23.2 Å². The van der Waals surface area contributed by atoms with E-state index in [0.29, 0.717) is 23.2 Å². The van der Waals surface area contributed by atoms with Crippen molar-refractivity contribution < 1.29 is 4.79 Å². The van der Waals surface area contributed by atoms with Crippen LogP contribution in [0.1, 0.15) is 34.1 Å². The third-order valence-corrected chi connectivity index (χ3v) is 3.63. The third kappa shape index (κ3) is 1.33. The van der Waals surface area contributed by atoms with Crippen molar-refractivity contribution >= 4 is 6.29 Å². The van der Waals surface area contributed by atoms with Gasteiger partial charge in [0.25, 0.3) is 0 Å². The Bertz CT molecular complexity index is 160. The van der Waals surface area contributed by atoms with Gasteiger partial charge in [-0.15, -0.1) is 0 Å². The summed E-state index contributed by atoms with van der Waals surface area (Å²) in [6.07, 6.45) is 2.20. The number of hydrogen-bond acceptors (Lipinski definition) is 1. The van der Waals surface area contributed by atoms with Gasteiger partial charge in [-0.1, -0.05) is 27.7 Å². The molecule has 0 heterocycles. The molecule has 0 aromatic rings. The van der Waals surface area contributed by atoms with Gasteiger partial charge in [0, 0.05) is 5.92 Å². The highest BCUT2D eigenvalue weighted by molar-refractivity contribution is 5.55. The fraction of sp³-hybridized carbons (Fsp3) is 0.900. The van der Waals surface area contributed by atoms with Gasteiger partial charge in [0.05, 0.1) is 0 Å². The number of hydrogen-bond donors (Lipinski definition) is 0. The molecule has 3 atom stereocenters. The molecule has 0 amide bonds. The van der Waals surface area contributed by atoms with Gasteiger partial charge in [0.1, 0.15) is 6.29 Å². The molecule has 1 aliphatic rings. The molecule has 1 fully saturated rings. The van der Waals surface area contributed by atoms with Gasteiger partial charge in [0.2, 0.25) is 0 Å². The number of aldehydes is 1. The lowest BCUT2D eigenvalue weighted by atomic mass is 9.81. The number of carbonyl (C=O) groups excluding carboxylic acids is 1. The Hall–Kier alpha value is -0.330. The molecule has 0 spiro atoms. The first-order valence-electron chi connectivity index (χ1n) is 4.44. The molecule has 0 aromatic heterocycles. The van der Waals surface area contributed by atoms with Crippen LogP contribution in [0.5, 0.6) is 0 Å². The molecule has 0 saturated heterocycles. The second-order valence-electron chi connectivity index (χ2n) is 4.64. The molecular formula is C10H18O. The maximum absolute atomic E-state index is 10.7. The Morgan fingerprint density at radius 1 is 1.36 bits per heavy atom. The van der Waals surface area contributed by atoms with E-state index >= 15 is 0 Å². The molecule has 1 nitrogen and oxygen atoms in total. The standard InChI is InChI=1S/C10H18O/c1-7-8(2)10(3,4)5-9(7)6-11/h6-9H,5H2,1-4H3/t7-,8-,9?/m0/s1. The lowest BCUT2D eigenvalue weighted by Gasteiger charge is -2.24. The van der Waals surface area contributed by atoms with Crippen molar-refractivity contribution in [3.8, 4) is 0 Å². The van der Waals surface area contributed by atoms with Gasteiger partial charge in [-0.3, -0.25) is 0 Å². The van der Waals surface area contributed by atoms with Crippen LogP contribution in [-0.2, 0) is 4.79 Å². The summed E-state index contributed by atoms with van der Waals surface area (Å²) in [5, 5.41) is 0. The molecule has 1 heteroatoms. The van der Waals surface area contributed by atoms with E-state index < -0.39 is 0 Å². The largest absolute Gasteiger partial charge is 0.303 e. The zero-order valence-corrected chi connectivity index (χ0v) is 7.92. The van der Waals surface area contributed by atoms with Crippen LogP contribution in [0.3, 0.4) is 0 Å². The quantitative estimate of drug-likeness (QED) is 0.530. The van der Waals surface area contributed by atoms with Crippen LogP contribution < -0.4 is 0 Å². The van der Waals surface area contributed by atoms with Gasteiger partial charge in [-0.25, -0.2) is 0 Å². The molecule has 1 aliphatic carbocycles. The van der Waals surface area contributed by atoms with E-state index in [1.54, 1.807) is 0 Å². The predicted octanol–water partition coefficient (Wildman–Crippen LogP) is 2.50. The van der Waals surface area contributed by atoms with Gasteiger partial charge >= 0.3 is 0 Å². The van der Waals surface area contributed by atoms with Gasteiger partial charge < -0.3 is 4.79 Å². The van der Waals surface area contributed by atoms with Gasteiger partial charge in [-0.2, -0.15) is 0 Å². The summed E-state index contributed by atoms with van der Waals surface area (Å²) in [4.78, 5) is 10.7. The van der Waals surface area contributed by atoms with E-state index in [4.69, 9.17) is 0 Å². The first-order valence-corrected chi connectivity index (χ1v) is 4.44. The van der Waals surface area contributed by atoms with Crippen molar-refractivity contribution in [3.05, 3.63) is 0 Å². The Kier molecular flexibility index (Phi) is 2.08. The van der Waals surface area contributed by atoms with E-state index in [0.717, 1.165) is 12.7 Å². The minimum absolute atomic E-state index is 0.306. The van der Waals surface area contributed by atoms with E-state index in [1.165, 1.54) is 0 Å². The molecule has 64 valence electrons. The average molecular weight is 154 g/mol. The first-order chi connectivity index (χ1) is 4.99. The maximum Gasteiger partial charge on any atom is 0.123 e. The zero-order valence-electron chi connectivity index (χ0n) is 7.92. The monoisotopic (exact) mass is 154 g/mol. The maximum atomic E-state index is 10.7. The average Bonchev–Trinajstić information content (AvgIpc) is 2.13. The lowest BCUT2D eigenvalue weighted by Crippen LogP contribution is -2.17. The van der Waals surface area contributed by atoms with Crippen molar-refractivity contribution in [3.63, 3.8) is 0 Å². The topological polar surface area (TPSA) is 17.1 Å². The SMILES string of the molecule is C[C@@H]1C(C=O)CC(C)(C)[C@H]1C. The summed E-state index contributed by atoms with van der Waals surface area (Å²) in [5.41, 5.74) is 0.366. The minimum atomic E-state index is 0.306. The number of carbonyl (C=O) groups is 1. The van der Waals surface area contributed by atoms with Crippen LogP contribution in [0.4, 0.5) is 0 Å². The van der Waals surface area contributed by atoms with Gasteiger partial charge in [-0.05, 0) is 23.7 Å². The fourth-order valence-electron chi connectivity index (χ4n) is 2.23. The van der Waals surface area contributed by atoms with Crippen LogP contribution in [0, 0.1) is 23.2 Å². The van der Waals surface area contributed by atoms with E-state index in [2.05, 4.69) is 27.7 Å². The highest BCUT2D eigenvalue weighted by Crippen LogP contribution is 2.48. The Morgan fingerprint density at radius 2 is 1.91 bits per heavy atom. The smallest absolute Gasteiger partial charge is 0.123 e. The lowest BCUT2D eigenvalue weighted by molar-refractivity contribution is -0.112. The summed E-state index contributed by atoms with van der Waals surface area (Å²) >= 11 is 0. The molecule has 0 aromatic carbocycles. The van der Waals surface area contributed by atoms with Crippen LogP contribution in [-0.4, -0.2) is 6.29 Å². The summed E-state index contributed by atoms with van der Waals surface area (Å²) in [5.74, 6) is 1.56. The Balaban J connectivity index is 2.76. The summed E-state index contributed by atoms with van der Waals surface area (Å²) in [6, 6.07) is 0. The molecule has 1 rings (SSSR count). The van der Waals surface area contributed by atoms with Crippen LogP contribution >= 0.6 is 0 Å². The number of rotatable bonds is 1. The van der Waals surface area contributed by atoms with Crippen LogP contribution in [0.25, 0.3) is 0 Å². The van der Waals surface area contributed by atoms with Crippen molar-refractivity contribution in [2.75, 3.05) is 0 Å². The summed E-state index contributed by atoms with van der Waals surface area (Å²) < 4.78 is 0. The molecule has 0 bridgehead atoms. The van der Waals surface area contributed by atoms with E-state index in [9.17, 15) is 4.79 Å². The zero-order chi connectivity index (χ0) is 8.65. The summed E-state index contributed by atoms with van der Waals surface area (Å²) in [6.45, 7) is 8.97. The molecule has 11 heavy (non-hydrogen) atoms. The molecule has 1 saturated carbocycles. The third-order valence-electron chi connectivity index (χ3n) is 3.63. The van der Waals surface area contributed by atoms with Crippen LogP contribution in [0.2, 0.25) is 0 Å². The van der Waals surface area contributed by atoms with Crippen molar-refractivity contribution in [1.29, 1.82) is 0 Å². The molecule has 0 aliphatic heterocycles. The molecule has 1 unspecified atom stereocenters. The van der Waals surface area contributed by atoms with Gasteiger partial charge in [0.15, 0.2) is 0 Å². The van der Waals surface area contributed by atoms with Crippen molar-refractivity contribution in [1.82, 2.24) is 0 Å². The second-order valence-corrected chi connectivity index (χ2v) is 4.64. The van der Waals surface area contributed by atoms with E-state index in [1.807, 2.05) is 0 Å². The normalized spacial score (nSPS) is 42.4. The Morgan fingerprint density at radius 3 is 2.09 bits per heavy atom. The minimum Gasteiger partial charge on any atom is -0.303 e. The molecular weight excluding hydrogens is 136 g/mol. The Labute approximate surface area is 69.2 Å². The van der Waals surface area contributed by atoms with Crippen molar-refractivity contribution in [2.45, 2.75) is 34.1 Å². The highest BCUT2D eigenvalue weighted by atomic mass is 16.1. The first kappa shape index (κ1) is 8.76. The second kappa shape index (κ2) is 2.62. The predicted molar refractivity (Wildman–Crippen MR) is 46.3 cm³/mol. The molecule has 0 radical (unpaired) electrons. The van der Waals surface area contributed by atoms with E-state index in [-0.39, 0.29) is 0 Å². The fourth-order valence-corrected chi connectivity index (χ4v) is 2.23. The highest BCUT2D eigenvalue weighted by Gasteiger charge is 2.42.